The maximum atomic E-state index is 12.9. The first-order valence-corrected chi connectivity index (χ1v) is 6.94. The van der Waals surface area contributed by atoms with Crippen molar-refractivity contribution in [2.24, 2.45) is 0 Å². The van der Waals surface area contributed by atoms with E-state index in [0.29, 0.717) is 12.4 Å². The minimum atomic E-state index is -4.36. The van der Waals surface area contributed by atoms with E-state index in [-0.39, 0.29) is 11.4 Å². The summed E-state index contributed by atoms with van der Waals surface area (Å²) in [6, 6.07) is 2.14. The molecule has 20 heavy (non-hydrogen) atoms. The Balaban J connectivity index is 2.25. The van der Waals surface area contributed by atoms with Crippen LogP contribution in [0, 0.1) is 0 Å². The van der Waals surface area contributed by atoms with Crippen molar-refractivity contribution in [3.05, 3.63) is 17.7 Å². The van der Waals surface area contributed by atoms with Crippen LogP contribution in [0.5, 0.6) is 0 Å². The summed E-state index contributed by atoms with van der Waals surface area (Å²) in [5.74, 6) is 0.563. The summed E-state index contributed by atoms with van der Waals surface area (Å²) in [7, 11) is 0. The van der Waals surface area contributed by atoms with Crippen LogP contribution in [0.2, 0.25) is 0 Å². The minimum absolute atomic E-state index is 0.126. The Hall–Kier alpha value is -1.46. The molecule has 1 fully saturated rings. The topological polar surface area (TPSA) is 37.0 Å². The number of hydrogen-bond donors (Lipinski definition) is 2. The van der Waals surface area contributed by atoms with Crippen LogP contribution < -0.4 is 10.6 Å². The van der Waals surface area contributed by atoms with E-state index < -0.39 is 11.7 Å². The van der Waals surface area contributed by atoms with Gasteiger partial charge in [0.2, 0.25) is 0 Å². The van der Waals surface area contributed by atoms with Crippen molar-refractivity contribution in [3.8, 4) is 0 Å². The van der Waals surface area contributed by atoms with Gasteiger partial charge in [-0.05, 0) is 44.7 Å². The zero-order chi connectivity index (χ0) is 14.8. The fourth-order valence-electron chi connectivity index (χ4n) is 2.24. The van der Waals surface area contributed by atoms with Crippen LogP contribution in [0.15, 0.2) is 12.1 Å². The maximum Gasteiger partial charge on any atom is 0.416 e. The number of aromatic nitrogens is 1. The summed E-state index contributed by atoms with van der Waals surface area (Å²) in [6.45, 7) is 4.57. The van der Waals surface area contributed by atoms with Gasteiger partial charge in [0, 0.05) is 12.1 Å². The van der Waals surface area contributed by atoms with E-state index in [9.17, 15) is 13.2 Å². The van der Waals surface area contributed by atoms with Crippen LogP contribution in [0.4, 0.5) is 24.8 Å². The second-order valence-corrected chi connectivity index (χ2v) is 5.59. The second kappa shape index (κ2) is 5.50. The first-order chi connectivity index (χ1) is 9.32. The quantitative estimate of drug-likeness (QED) is 0.849. The molecule has 0 spiro atoms. The van der Waals surface area contributed by atoms with Gasteiger partial charge in [-0.1, -0.05) is 6.92 Å². The van der Waals surface area contributed by atoms with E-state index in [1.54, 1.807) is 0 Å². The molecular weight excluding hydrogens is 267 g/mol. The maximum absolute atomic E-state index is 12.9. The minimum Gasteiger partial charge on any atom is -0.370 e. The first kappa shape index (κ1) is 14.9. The third-order valence-corrected chi connectivity index (χ3v) is 3.60. The fourth-order valence-corrected chi connectivity index (χ4v) is 2.24. The SMILES string of the molecule is CCCNc1cc(C(F)(F)F)cc(NC2(C)CCC2)n1. The van der Waals surface area contributed by atoms with Crippen molar-refractivity contribution in [2.45, 2.75) is 51.2 Å². The first-order valence-electron chi connectivity index (χ1n) is 6.94. The Kier molecular flexibility index (Phi) is 4.11. The standard InChI is InChI=1S/C14H20F3N3/c1-3-7-18-11-8-10(14(15,16)17)9-12(19-11)20-13(2)5-4-6-13/h8-9H,3-7H2,1-2H3,(H2,18,19,20). The molecule has 0 aromatic carbocycles. The molecule has 0 aliphatic heterocycles. The van der Waals surface area contributed by atoms with Gasteiger partial charge in [0.25, 0.3) is 0 Å². The van der Waals surface area contributed by atoms with E-state index in [4.69, 9.17) is 0 Å². The second-order valence-electron chi connectivity index (χ2n) is 5.59. The largest absolute Gasteiger partial charge is 0.416 e. The molecule has 0 saturated heterocycles. The lowest BCUT2D eigenvalue weighted by Gasteiger charge is -2.39. The molecule has 0 unspecified atom stereocenters. The molecule has 1 saturated carbocycles. The molecule has 1 aliphatic rings. The molecule has 0 bridgehead atoms. The number of pyridine rings is 1. The van der Waals surface area contributed by atoms with Crippen LogP contribution in [0.25, 0.3) is 0 Å². The monoisotopic (exact) mass is 287 g/mol. The van der Waals surface area contributed by atoms with Crippen molar-refractivity contribution in [1.29, 1.82) is 0 Å². The van der Waals surface area contributed by atoms with Crippen molar-refractivity contribution in [2.75, 3.05) is 17.2 Å². The lowest BCUT2D eigenvalue weighted by molar-refractivity contribution is -0.137. The van der Waals surface area contributed by atoms with Gasteiger partial charge in [0.1, 0.15) is 11.6 Å². The van der Waals surface area contributed by atoms with Gasteiger partial charge in [0.05, 0.1) is 5.56 Å². The number of anilines is 2. The Morgan fingerprint density at radius 3 is 2.40 bits per heavy atom. The number of alkyl halides is 3. The summed E-state index contributed by atoms with van der Waals surface area (Å²) >= 11 is 0. The lowest BCUT2D eigenvalue weighted by atomic mass is 9.78. The van der Waals surface area contributed by atoms with E-state index in [0.717, 1.165) is 37.8 Å². The van der Waals surface area contributed by atoms with Crippen LogP contribution >= 0.6 is 0 Å². The van der Waals surface area contributed by atoms with Gasteiger partial charge in [-0.2, -0.15) is 13.2 Å². The molecule has 0 amide bonds. The number of rotatable bonds is 5. The number of hydrogen-bond acceptors (Lipinski definition) is 3. The summed E-state index contributed by atoms with van der Waals surface area (Å²) < 4.78 is 38.7. The molecule has 0 atom stereocenters. The molecule has 6 heteroatoms. The third-order valence-electron chi connectivity index (χ3n) is 3.60. The Morgan fingerprint density at radius 2 is 1.90 bits per heavy atom. The zero-order valence-corrected chi connectivity index (χ0v) is 11.8. The predicted octanol–water partition coefficient (Wildman–Crippen LogP) is 4.28. The zero-order valence-electron chi connectivity index (χ0n) is 11.8. The van der Waals surface area contributed by atoms with E-state index in [2.05, 4.69) is 15.6 Å². The van der Waals surface area contributed by atoms with E-state index in [1.165, 1.54) is 0 Å². The molecule has 2 N–H and O–H groups in total. The highest BCUT2D eigenvalue weighted by molar-refractivity contribution is 5.51. The van der Waals surface area contributed by atoms with Crippen molar-refractivity contribution >= 4 is 11.6 Å². The summed E-state index contributed by atoms with van der Waals surface area (Å²) in [6.07, 6.45) is -0.504. The van der Waals surface area contributed by atoms with Crippen LogP contribution in [0.1, 0.15) is 45.1 Å². The lowest BCUT2D eigenvalue weighted by Crippen LogP contribution is -2.42. The summed E-state index contributed by atoms with van der Waals surface area (Å²) in [5.41, 5.74) is -0.796. The van der Waals surface area contributed by atoms with E-state index in [1.807, 2.05) is 13.8 Å². The number of halogens is 3. The van der Waals surface area contributed by atoms with Gasteiger partial charge in [0.15, 0.2) is 0 Å². The molecule has 1 heterocycles. The highest BCUT2D eigenvalue weighted by Crippen LogP contribution is 2.37. The summed E-state index contributed by atoms with van der Waals surface area (Å²) in [5, 5.41) is 6.05. The van der Waals surface area contributed by atoms with Crippen LogP contribution in [-0.2, 0) is 6.18 Å². The normalized spacial score (nSPS) is 17.4. The van der Waals surface area contributed by atoms with Crippen molar-refractivity contribution < 1.29 is 13.2 Å². The molecule has 1 aromatic heterocycles. The smallest absolute Gasteiger partial charge is 0.370 e. The highest BCUT2D eigenvalue weighted by Gasteiger charge is 2.34. The molecule has 0 radical (unpaired) electrons. The Bertz CT molecular complexity index is 467. The summed E-state index contributed by atoms with van der Waals surface area (Å²) in [4.78, 5) is 4.23. The Morgan fingerprint density at radius 1 is 1.25 bits per heavy atom. The van der Waals surface area contributed by atoms with Crippen molar-refractivity contribution in [3.63, 3.8) is 0 Å². The van der Waals surface area contributed by atoms with Crippen LogP contribution in [0.3, 0.4) is 0 Å². The van der Waals surface area contributed by atoms with Crippen LogP contribution in [-0.4, -0.2) is 17.1 Å². The average Bonchev–Trinajstić information content (AvgIpc) is 2.33. The molecule has 3 nitrogen and oxygen atoms in total. The van der Waals surface area contributed by atoms with Gasteiger partial charge < -0.3 is 10.6 Å². The van der Waals surface area contributed by atoms with Gasteiger partial charge in [-0.15, -0.1) is 0 Å². The molecule has 112 valence electrons. The van der Waals surface area contributed by atoms with Gasteiger partial charge in [-0.25, -0.2) is 4.98 Å². The molecule has 1 aliphatic carbocycles. The highest BCUT2D eigenvalue weighted by atomic mass is 19.4. The van der Waals surface area contributed by atoms with Crippen molar-refractivity contribution in [1.82, 2.24) is 4.98 Å². The number of nitrogens with one attached hydrogen (secondary N) is 2. The van der Waals surface area contributed by atoms with E-state index >= 15 is 0 Å². The molecular formula is C14H20F3N3. The average molecular weight is 287 g/mol. The fraction of sp³-hybridized carbons (Fsp3) is 0.643. The number of nitrogens with zero attached hydrogens (tertiary/aromatic N) is 1. The molecule has 2 rings (SSSR count). The third kappa shape index (κ3) is 3.55. The molecule has 1 aromatic rings. The van der Waals surface area contributed by atoms with Gasteiger partial charge >= 0.3 is 6.18 Å². The van der Waals surface area contributed by atoms with Gasteiger partial charge in [-0.3, -0.25) is 0 Å². The Labute approximate surface area is 117 Å². The predicted molar refractivity (Wildman–Crippen MR) is 73.9 cm³/mol.